The maximum absolute atomic E-state index is 12.6. The van der Waals surface area contributed by atoms with Gasteiger partial charge in [-0.05, 0) is 18.9 Å². The van der Waals surface area contributed by atoms with Gasteiger partial charge in [0.2, 0.25) is 6.08 Å². The minimum Gasteiger partial charge on any atom is -0.251 e. The number of nitrogens with zero attached hydrogens (tertiary/aromatic N) is 2. The fourth-order valence-corrected chi connectivity index (χ4v) is 1.65. The standard InChI is InChI=1S/C10H7F3N2O/c11-10(12,13)8-7(2-1-5-14-8)9(3-4-9)15-6-16/h1-2,5H,3-4H2. The molecule has 0 aliphatic heterocycles. The SMILES string of the molecule is O=C=NC1(c2cccnc2C(F)(F)F)CC1. The molecule has 0 unspecified atom stereocenters. The number of hydrogen-bond donors (Lipinski definition) is 0. The summed E-state index contributed by atoms with van der Waals surface area (Å²) < 4.78 is 37.9. The average Bonchev–Trinajstić information content (AvgIpc) is 2.98. The minimum absolute atomic E-state index is 0.0362. The highest BCUT2D eigenvalue weighted by atomic mass is 19.4. The number of rotatable bonds is 2. The fraction of sp³-hybridized carbons (Fsp3) is 0.400. The molecule has 0 radical (unpaired) electrons. The number of halogens is 3. The maximum atomic E-state index is 12.6. The molecule has 0 saturated heterocycles. The predicted molar refractivity (Wildman–Crippen MR) is 48.3 cm³/mol. The monoisotopic (exact) mass is 228 g/mol. The first-order chi connectivity index (χ1) is 7.49. The summed E-state index contributed by atoms with van der Waals surface area (Å²) in [6.45, 7) is 0. The smallest absolute Gasteiger partial charge is 0.251 e. The van der Waals surface area contributed by atoms with Crippen molar-refractivity contribution in [2.75, 3.05) is 0 Å². The van der Waals surface area contributed by atoms with E-state index in [2.05, 4.69) is 9.98 Å². The molecule has 1 aliphatic carbocycles. The van der Waals surface area contributed by atoms with E-state index in [0.717, 1.165) is 6.20 Å². The molecule has 1 aromatic heterocycles. The highest BCUT2D eigenvalue weighted by Crippen LogP contribution is 2.52. The highest BCUT2D eigenvalue weighted by Gasteiger charge is 2.50. The van der Waals surface area contributed by atoms with E-state index in [-0.39, 0.29) is 5.56 Å². The number of aliphatic imine (C=N–C) groups is 1. The third-order valence-corrected chi connectivity index (χ3v) is 2.56. The van der Waals surface area contributed by atoms with Gasteiger partial charge in [-0.15, -0.1) is 0 Å². The minimum atomic E-state index is -4.52. The van der Waals surface area contributed by atoms with Crippen LogP contribution in [0.2, 0.25) is 0 Å². The second-order valence-corrected chi connectivity index (χ2v) is 3.63. The van der Waals surface area contributed by atoms with Crippen LogP contribution in [0.25, 0.3) is 0 Å². The molecule has 1 aliphatic rings. The van der Waals surface area contributed by atoms with Gasteiger partial charge in [-0.1, -0.05) is 6.07 Å². The molecule has 1 saturated carbocycles. The Kier molecular flexibility index (Phi) is 2.31. The molecule has 84 valence electrons. The van der Waals surface area contributed by atoms with E-state index in [9.17, 15) is 18.0 Å². The lowest BCUT2D eigenvalue weighted by Crippen LogP contribution is -2.16. The molecule has 0 spiro atoms. The topological polar surface area (TPSA) is 42.3 Å². The Hall–Kier alpha value is -1.68. The molecule has 1 heterocycles. The zero-order valence-electron chi connectivity index (χ0n) is 8.08. The van der Waals surface area contributed by atoms with Gasteiger partial charge < -0.3 is 0 Å². The lowest BCUT2D eigenvalue weighted by Gasteiger charge is -2.14. The lowest BCUT2D eigenvalue weighted by atomic mass is 10.0. The van der Waals surface area contributed by atoms with E-state index < -0.39 is 17.4 Å². The van der Waals surface area contributed by atoms with Crippen molar-refractivity contribution in [3.63, 3.8) is 0 Å². The van der Waals surface area contributed by atoms with E-state index in [4.69, 9.17) is 0 Å². The molecule has 0 aromatic carbocycles. The molecular formula is C10H7F3N2O. The lowest BCUT2D eigenvalue weighted by molar-refractivity contribution is -0.142. The summed E-state index contributed by atoms with van der Waals surface area (Å²) in [4.78, 5) is 17.0. The number of hydrogen-bond acceptors (Lipinski definition) is 3. The summed E-state index contributed by atoms with van der Waals surface area (Å²) in [6.07, 6.45) is -1.26. The first kappa shape index (κ1) is 10.8. The van der Waals surface area contributed by atoms with Gasteiger partial charge in [-0.25, -0.2) is 4.79 Å². The number of isocyanates is 1. The summed E-state index contributed by atoms with van der Waals surface area (Å²) in [5.74, 6) is 0. The summed E-state index contributed by atoms with van der Waals surface area (Å²) in [5, 5.41) is 0. The molecule has 0 atom stereocenters. The fourth-order valence-electron chi connectivity index (χ4n) is 1.65. The summed E-state index contributed by atoms with van der Waals surface area (Å²) in [5.41, 5.74) is -2.04. The van der Waals surface area contributed by atoms with Crippen molar-refractivity contribution in [2.45, 2.75) is 24.6 Å². The predicted octanol–water partition coefficient (Wildman–Crippen LogP) is 2.43. The van der Waals surface area contributed by atoms with Crippen LogP contribution >= 0.6 is 0 Å². The van der Waals surface area contributed by atoms with Gasteiger partial charge in [0.1, 0.15) is 11.2 Å². The Bertz CT molecular complexity index is 459. The van der Waals surface area contributed by atoms with Crippen molar-refractivity contribution in [1.29, 1.82) is 0 Å². The Morgan fingerprint density at radius 1 is 1.44 bits per heavy atom. The second kappa shape index (κ2) is 3.42. The molecule has 0 bridgehead atoms. The van der Waals surface area contributed by atoms with Crippen molar-refractivity contribution in [2.24, 2.45) is 4.99 Å². The molecule has 1 aromatic rings. The Labute approximate surface area is 89.0 Å². The van der Waals surface area contributed by atoms with Crippen LogP contribution in [0.1, 0.15) is 24.1 Å². The van der Waals surface area contributed by atoms with Crippen LogP contribution in [0.4, 0.5) is 13.2 Å². The van der Waals surface area contributed by atoms with Gasteiger partial charge >= 0.3 is 6.18 Å². The van der Waals surface area contributed by atoms with Crippen LogP contribution in [0.3, 0.4) is 0 Å². The Morgan fingerprint density at radius 2 is 2.12 bits per heavy atom. The van der Waals surface area contributed by atoms with Gasteiger partial charge in [-0.2, -0.15) is 18.2 Å². The van der Waals surface area contributed by atoms with E-state index in [1.807, 2.05) is 0 Å². The van der Waals surface area contributed by atoms with E-state index in [0.29, 0.717) is 12.8 Å². The van der Waals surface area contributed by atoms with Gasteiger partial charge in [0.15, 0.2) is 0 Å². The number of carbonyl (C=O) groups excluding carboxylic acids is 1. The van der Waals surface area contributed by atoms with Crippen LogP contribution in [-0.4, -0.2) is 11.1 Å². The molecule has 2 rings (SSSR count). The Morgan fingerprint density at radius 3 is 2.62 bits per heavy atom. The normalized spacial score (nSPS) is 17.7. The van der Waals surface area contributed by atoms with Crippen molar-refractivity contribution in [3.8, 4) is 0 Å². The number of aromatic nitrogens is 1. The van der Waals surface area contributed by atoms with Gasteiger partial charge in [0, 0.05) is 11.8 Å². The van der Waals surface area contributed by atoms with Crippen molar-refractivity contribution >= 4 is 6.08 Å². The van der Waals surface area contributed by atoms with E-state index in [1.165, 1.54) is 18.2 Å². The second-order valence-electron chi connectivity index (χ2n) is 3.63. The van der Waals surface area contributed by atoms with Gasteiger partial charge in [-0.3, -0.25) is 4.98 Å². The van der Waals surface area contributed by atoms with E-state index >= 15 is 0 Å². The Balaban J connectivity index is 2.54. The summed E-state index contributed by atoms with van der Waals surface area (Å²) >= 11 is 0. The van der Waals surface area contributed by atoms with Crippen molar-refractivity contribution in [1.82, 2.24) is 4.98 Å². The number of alkyl halides is 3. The van der Waals surface area contributed by atoms with Crippen LogP contribution in [-0.2, 0) is 16.5 Å². The molecule has 16 heavy (non-hydrogen) atoms. The molecule has 0 N–H and O–H groups in total. The zero-order chi connectivity index (χ0) is 11.8. The quantitative estimate of drug-likeness (QED) is 0.576. The first-order valence-corrected chi connectivity index (χ1v) is 4.61. The molecule has 0 amide bonds. The average molecular weight is 228 g/mol. The molecule has 1 fully saturated rings. The number of pyridine rings is 1. The van der Waals surface area contributed by atoms with Crippen LogP contribution in [0.15, 0.2) is 23.3 Å². The molecular weight excluding hydrogens is 221 g/mol. The van der Waals surface area contributed by atoms with Crippen LogP contribution in [0, 0.1) is 0 Å². The third-order valence-electron chi connectivity index (χ3n) is 2.56. The van der Waals surface area contributed by atoms with Crippen LogP contribution < -0.4 is 0 Å². The zero-order valence-corrected chi connectivity index (χ0v) is 8.08. The summed E-state index contributed by atoms with van der Waals surface area (Å²) in [6, 6.07) is 2.72. The highest BCUT2D eigenvalue weighted by molar-refractivity contribution is 5.43. The van der Waals surface area contributed by atoms with Crippen molar-refractivity contribution in [3.05, 3.63) is 29.6 Å². The first-order valence-electron chi connectivity index (χ1n) is 4.61. The molecule has 6 heteroatoms. The summed E-state index contributed by atoms with van der Waals surface area (Å²) in [7, 11) is 0. The maximum Gasteiger partial charge on any atom is 0.433 e. The molecule has 3 nitrogen and oxygen atoms in total. The largest absolute Gasteiger partial charge is 0.433 e. The van der Waals surface area contributed by atoms with E-state index in [1.54, 1.807) is 0 Å². The van der Waals surface area contributed by atoms with Crippen LogP contribution in [0.5, 0.6) is 0 Å². The van der Waals surface area contributed by atoms with Crippen molar-refractivity contribution < 1.29 is 18.0 Å². The van der Waals surface area contributed by atoms with Gasteiger partial charge in [0.25, 0.3) is 0 Å². The van der Waals surface area contributed by atoms with Gasteiger partial charge in [0.05, 0.1) is 0 Å². The third kappa shape index (κ3) is 1.72.